The van der Waals surface area contributed by atoms with Gasteiger partial charge in [0.2, 0.25) is 5.91 Å². The quantitative estimate of drug-likeness (QED) is 0.757. The first kappa shape index (κ1) is 12.7. The highest BCUT2D eigenvalue weighted by atomic mass is 35.5. The standard InChI is InChI=1S/C12H14ClNO2/c1-9(15)14(2)8-7-12(16)10-5-3-4-6-11(10)13/h3-6H,7-8H2,1-2H3. The number of amides is 1. The van der Waals surface area contributed by atoms with Crippen LogP contribution in [0.3, 0.4) is 0 Å². The fourth-order valence-corrected chi connectivity index (χ4v) is 1.49. The van der Waals surface area contributed by atoms with Gasteiger partial charge in [-0.2, -0.15) is 0 Å². The summed E-state index contributed by atoms with van der Waals surface area (Å²) in [7, 11) is 1.67. The summed E-state index contributed by atoms with van der Waals surface area (Å²) in [6, 6.07) is 6.93. The molecule has 1 aromatic rings. The molecule has 4 heteroatoms. The number of rotatable bonds is 4. The van der Waals surface area contributed by atoms with Gasteiger partial charge in [0.15, 0.2) is 5.78 Å². The van der Waals surface area contributed by atoms with Crippen LogP contribution in [0, 0.1) is 0 Å². The average Bonchev–Trinajstić information content (AvgIpc) is 2.25. The highest BCUT2D eigenvalue weighted by molar-refractivity contribution is 6.33. The highest BCUT2D eigenvalue weighted by Crippen LogP contribution is 2.16. The van der Waals surface area contributed by atoms with Gasteiger partial charge >= 0.3 is 0 Å². The van der Waals surface area contributed by atoms with Crippen molar-refractivity contribution in [2.75, 3.05) is 13.6 Å². The van der Waals surface area contributed by atoms with Crippen LogP contribution >= 0.6 is 11.6 Å². The lowest BCUT2D eigenvalue weighted by atomic mass is 10.1. The number of carbonyl (C=O) groups is 2. The van der Waals surface area contributed by atoms with Crippen LogP contribution in [-0.2, 0) is 4.79 Å². The minimum atomic E-state index is -0.0491. The molecule has 0 aliphatic heterocycles. The predicted octanol–water partition coefficient (Wildman–Crippen LogP) is 2.39. The Hall–Kier alpha value is -1.35. The number of ketones is 1. The average molecular weight is 240 g/mol. The summed E-state index contributed by atoms with van der Waals surface area (Å²) in [5.41, 5.74) is 0.515. The van der Waals surface area contributed by atoms with Crippen LogP contribution < -0.4 is 0 Å². The molecule has 0 radical (unpaired) electrons. The molecule has 0 aliphatic carbocycles. The van der Waals surface area contributed by atoms with E-state index in [1.165, 1.54) is 11.8 Å². The largest absolute Gasteiger partial charge is 0.346 e. The van der Waals surface area contributed by atoms with Crippen LogP contribution in [0.5, 0.6) is 0 Å². The molecule has 1 rings (SSSR count). The summed E-state index contributed by atoms with van der Waals surface area (Å²) in [6.07, 6.45) is 0.291. The van der Waals surface area contributed by atoms with Crippen molar-refractivity contribution in [2.45, 2.75) is 13.3 Å². The Morgan fingerprint density at radius 2 is 1.94 bits per heavy atom. The monoisotopic (exact) mass is 239 g/mol. The molecular formula is C12H14ClNO2. The van der Waals surface area contributed by atoms with E-state index in [0.717, 1.165) is 0 Å². The van der Waals surface area contributed by atoms with Gasteiger partial charge in [-0.1, -0.05) is 23.7 Å². The summed E-state index contributed by atoms with van der Waals surface area (Å²) in [6.45, 7) is 1.89. The summed E-state index contributed by atoms with van der Waals surface area (Å²) < 4.78 is 0. The molecule has 0 saturated heterocycles. The van der Waals surface area contributed by atoms with Gasteiger partial charge in [0, 0.05) is 32.5 Å². The number of Topliss-reactive ketones (excluding diaryl/α,β-unsaturated/α-hetero) is 1. The van der Waals surface area contributed by atoms with E-state index in [2.05, 4.69) is 0 Å². The summed E-state index contributed by atoms with van der Waals surface area (Å²) in [5, 5.41) is 0.456. The minimum absolute atomic E-state index is 0.0429. The van der Waals surface area contributed by atoms with Crippen LogP contribution in [-0.4, -0.2) is 30.2 Å². The van der Waals surface area contributed by atoms with Gasteiger partial charge in [-0.05, 0) is 12.1 Å². The van der Waals surface area contributed by atoms with E-state index in [-0.39, 0.29) is 11.7 Å². The number of nitrogens with zero attached hydrogens (tertiary/aromatic N) is 1. The lowest BCUT2D eigenvalue weighted by molar-refractivity contribution is -0.127. The van der Waals surface area contributed by atoms with Gasteiger partial charge in [-0.15, -0.1) is 0 Å². The first-order valence-electron chi connectivity index (χ1n) is 5.02. The van der Waals surface area contributed by atoms with E-state index in [0.29, 0.717) is 23.6 Å². The van der Waals surface area contributed by atoms with Crippen LogP contribution in [0.15, 0.2) is 24.3 Å². The van der Waals surface area contributed by atoms with Crippen LogP contribution in [0.1, 0.15) is 23.7 Å². The third-order valence-electron chi connectivity index (χ3n) is 2.39. The summed E-state index contributed by atoms with van der Waals surface area (Å²) in [5.74, 6) is -0.0920. The molecule has 0 heterocycles. The zero-order valence-corrected chi connectivity index (χ0v) is 10.1. The molecule has 86 valence electrons. The lowest BCUT2D eigenvalue weighted by Crippen LogP contribution is -2.26. The van der Waals surface area contributed by atoms with Crippen LogP contribution in [0.4, 0.5) is 0 Å². The lowest BCUT2D eigenvalue weighted by Gasteiger charge is -2.13. The first-order chi connectivity index (χ1) is 7.52. The molecule has 0 spiro atoms. The topological polar surface area (TPSA) is 37.4 Å². The maximum absolute atomic E-state index is 11.8. The van der Waals surface area contributed by atoms with Crippen molar-refractivity contribution in [3.63, 3.8) is 0 Å². The molecule has 0 N–H and O–H groups in total. The van der Waals surface area contributed by atoms with Gasteiger partial charge in [0.25, 0.3) is 0 Å². The minimum Gasteiger partial charge on any atom is -0.346 e. The molecule has 0 fully saturated rings. The maximum atomic E-state index is 11.8. The summed E-state index contributed by atoms with van der Waals surface area (Å²) in [4.78, 5) is 24.2. The third-order valence-corrected chi connectivity index (χ3v) is 2.72. The van der Waals surface area contributed by atoms with Gasteiger partial charge < -0.3 is 4.90 Å². The van der Waals surface area contributed by atoms with Crippen molar-refractivity contribution in [2.24, 2.45) is 0 Å². The second kappa shape index (κ2) is 5.66. The normalized spacial score (nSPS) is 9.94. The predicted molar refractivity (Wildman–Crippen MR) is 63.7 cm³/mol. The molecular weight excluding hydrogens is 226 g/mol. The van der Waals surface area contributed by atoms with Crippen molar-refractivity contribution in [3.05, 3.63) is 34.9 Å². The Morgan fingerprint density at radius 3 is 2.50 bits per heavy atom. The molecule has 0 aromatic heterocycles. The Kier molecular flexibility index (Phi) is 4.50. The van der Waals surface area contributed by atoms with Crippen molar-refractivity contribution < 1.29 is 9.59 Å². The molecule has 0 bridgehead atoms. The zero-order chi connectivity index (χ0) is 12.1. The van der Waals surface area contributed by atoms with E-state index in [1.807, 2.05) is 0 Å². The Morgan fingerprint density at radius 1 is 1.31 bits per heavy atom. The van der Waals surface area contributed by atoms with Crippen LogP contribution in [0.25, 0.3) is 0 Å². The van der Waals surface area contributed by atoms with Gasteiger partial charge in [0.1, 0.15) is 0 Å². The van der Waals surface area contributed by atoms with Crippen molar-refractivity contribution in [1.82, 2.24) is 4.90 Å². The number of carbonyl (C=O) groups excluding carboxylic acids is 2. The first-order valence-corrected chi connectivity index (χ1v) is 5.39. The second-order valence-electron chi connectivity index (χ2n) is 3.59. The van der Waals surface area contributed by atoms with E-state index in [4.69, 9.17) is 11.6 Å². The number of hydrogen-bond donors (Lipinski definition) is 0. The summed E-state index contributed by atoms with van der Waals surface area (Å²) >= 11 is 5.90. The van der Waals surface area contributed by atoms with E-state index < -0.39 is 0 Å². The smallest absolute Gasteiger partial charge is 0.219 e. The molecule has 1 aromatic carbocycles. The van der Waals surface area contributed by atoms with Crippen molar-refractivity contribution >= 4 is 23.3 Å². The third kappa shape index (κ3) is 3.35. The van der Waals surface area contributed by atoms with Gasteiger partial charge in [0.05, 0.1) is 5.02 Å². The fourth-order valence-electron chi connectivity index (χ4n) is 1.25. The van der Waals surface area contributed by atoms with Gasteiger partial charge in [-0.25, -0.2) is 0 Å². The molecule has 0 unspecified atom stereocenters. The number of halogens is 1. The molecule has 0 saturated carbocycles. The van der Waals surface area contributed by atoms with E-state index >= 15 is 0 Å². The molecule has 0 aliphatic rings. The molecule has 16 heavy (non-hydrogen) atoms. The number of hydrogen-bond acceptors (Lipinski definition) is 2. The molecule has 0 atom stereocenters. The second-order valence-corrected chi connectivity index (χ2v) is 4.00. The zero-order valence-electron chi connectivity index (χ0n) is 9.37. The Balaban J connectivity index is 2.60. The van der Waals surface area contributed by atoms with E-state index in [1.54, 1.807) is 31.3 Å². The van der Waals surface area contributed by atoms with Gasteiger partial charge in [-0.3, -0.25) is 9.59 Å². The highest BCUT2D eigenvalue weighted by Gasteiger charge is 2.11. The van der Waals surface area contributed by atoms with Crippen molar-refractivity contribution in [1.29, 1.82) is 0 Å². The fraction of sp³-hybridized carbons (Fsp3) is 0.333. The SMILES string of the molecule is CC(=O)N(C)CCC(=O)c1ccccc1Cl. The maximum Gasteiger partial charge on any atom is 0.219 e. The van der Waals surface area contributed by atoms with Crippen LogP contribution in [0.2, 0.25) is 5.02 Å². The number of benzene rings is 1. The molecule has 1 amide bonds. The van der Waals surface area contributed by atoms with Crippen molar-refractivity contribution in [3.8, 4) is 0 Å². The Bertz CT molecular complexity index is 404. The molecule has 3 nitrogen and oxygen atoms in total. The van der Waals surface area contributed by atoms with E-state index in [9.17, 15) is 9.59 Å². The Labute approximate surface area is 100 Å².